The lowest BCUT2D eigenvalue weighted by atomic mass is 9.72. The summed E-state index contributed by atoms with van der Waals surface area (Å²) in [6, 6.07) is 0.605. The molecule has 1 aliphatic carbocycles. The predicted molar refractivity (Wildman–Crippen MR) is 63.0 cm³/mol. The summed E-state index contributed by atoms with van der Waals surface area (Å²) in [6.07, 6.45) is 7.93. The molecule has 2 rings (SSSR count). The van der Waals surface area contributed by atoms with E-state index >= 15 is 0 Å². The molecule has 2 atom stereocenters. The van der Waals surface area contributed by atoms with E-state index in [4.69, 9.17) is 4.74 Å². The Balaban J connectivity index is 1.96. The molecule has 0 spiro atoms. The van der Waals surface area contributed by atoms with Gasteiger partial charge >= 0.3 is 0 Å². The van der Waals surface area contributed by atoms with E-state index < -0.39 is 0 Å². The van der Waals surface area contributed by atoms with Crippen molar-refractivity contribution in [2.75, 3.05) is 13.2 Å². The molecular formula is C13H25NO. The third kappa shape index (κ3) is 2.36. The monoisotopic (exact) mass is 211 g/mol. The molecule has 2 aliphatic rings. The van der Waals surface area contributed by atoms with Gasteiger partial charge < -0.3 is 10.1 Å². The SMILES string of the molecule is CCCNC(C1CCC1)C1(C)CCCO1. The van der Waals surface area contributed by atoms with E-state index in [2.05, 4.69) is 19.2 Å². The van der Waals surface area contributed by atoms with Crippen LogP contribution >= 0.6 is 0 Å². The largest absolute Gasteiger partial charge is 0.374 e. The Morgan fingerprint density at radius 2 is 2.20 bits per heavy atom. The molecule has 0 aromatic carbocycles. The van der Waals surface area contributed by atoms with E-state index in [1.165, 1.54) is 38.5 Å². The van der Waals surface area contributed by atoms with Gasteiger partial charge in [-0.1, -0.05) is 13.3 Å². The van der Waals surface area contributed by atoms with Gasteiger partial charge in [-0.2, -0.15) is 0 Å². The van der Waals surface area contributed by atoms with Gasteiger partial charge in [0.15, 0.2) is 0 Å². The molecular weight excluding hydrogens is 186 g/mol. The van der Waals surface area contributed by atoms with Crippen molar-refractivity contribution in [2.45, 2.75) is 64.0 Å². The summed E-state index contributed by atoms with van der Waals surface area (Å²) in [5.74, 6) is 0.875. The summed E-state index contributed by atoms with van der Waals surface area (Å²) >= 11 is 0. The lowest BCUT2D eigenvalue weighted by molar-refractivity contribution is -0.0404. The highest BCUT2D eigenvalue weighted by Gasteiger charge is 2.43. The van der Waals surface area contributed by atoms with E-state index in [1.807, 2.05) is 0 Å². The number of hydrogen-bond acceptors (Lipinski definition) is 2. The highest BCUT2D eigenvalue weighted by molar-refractivity contribution is 4.98. The number of nitrogens with one attached hydrogen (secondary N) is 1. The van der Waals surface area contributed by atoms with Crippen molar-refractivity contribution in [1.29, 1.82) is 0 Å². The van der Waals surface area contributed by atoms with Crippen molar-refractivity contribution >= 4 is 0 Å². The molecule has 2 fully saturated rings. The van der Waals surface area contributed by atoms with Crippen LogP contribution in [0.15, 0.2) is 0 Å². The second kappa shape index (κ2) is 4.84. The summed E-state index contributed by atoms with van der Waals surface area (Å²) in [5.41, 5.74) is 0.125. The summed E-state index contributed by atoms with van der Waals surface area (Å²) < 4.78 is 5.99. The van der Waals surface area contributed by atoms with Crippen LogP contribution in [-0.2, 0) is 4.74 Å². The summed E-state index contributed by atoms with van der Waals surface area (Å²) in [5, 5.41) is 3.73. The quantitative estimate of drug-likeness (QED) is 0.755. The first-order chi connectivity index (χ1) is 7.26. The molecule has 0 bridgehead atoms. The average Bonchev–Trinajstić information content (AvgIpc) is 2.57. The van der Waals surface area contributed by atoms with Crippen molar-refractivity contribution in [1.82, 2.24) is 5.32 Å². The molecule has 2 heteroatoms. The molecule has 1 heterocycles. The van der Waals surface area contributed by atoms with E-state index in [1.54, 1.807) is 0 Å². The van der Waals surface area contributed by atoms with Crippen LogP contribution in [0.4, 0.5) is 0 Å². The van der Waals surface area contributed by atoms with Crippen molar-refractivity contribution in [3.8, 4) is 0 Å². The Morgan fingerprint density at radius 3 is 2.67 bits per heavy atom. The van der Waals surface area contributed by atoms with Crippen LogP contribution in [0.5, 0.6) is 0 Å². The Kier molecular flexibility index (Phi) is 3.68. The van der Waals surface area contributed by atoms with E-state index in [-0.39, 0.29) is 5.60 Å². The van der Waals surface area contributed by atoms with Gasteiger partial charge in [-0.25, -0.2) is 0 Å². The van der Waals surface area contributed by atoms with Crippen LogP contribution < -0.4 is 5.32 Å². The summed E-state index contributed by atoms with van der Waals surface area (Å²) in [4.78, 5) is 0. The van der Waals surface area contributed by atoms with Crippen LogP contribution in [0.1, 0.15) is 52.4 Å². The highest BCUT2D eigenvalue weighted by atomic mass is 16.5. The normalized spacial score (nSPS) is 34.0. The molecule has 0 aromatic heterocycles. The van der Waals surface area contributed by atoms with Gasteiger partial charge in [0.2, 0.25) is 0 Å². The summed E-state index contributed by atoms with van der Waals surface area (Å²) in [6.45, 7) is 6.65. The van der Waals surface area contributed by atoms with Gasteiger partial charge in [0.05, 0.1) is 5.60 Å². The first kappa shape index (κ1) is 11.4. The van der Waals surface area contributed by atoms with Crippen molar-refractivity contribution in [2.24, 2.45) is 5.92 Å². The van der Waals surface area contributed by atoms with Crippen LogP contribution in [0.3, 0.4) is 0 Å². The van der Waals surface area contributed by atoms with Gasteiger partial charge in [0.25, 0.3) is 0 Å². The average molecular weight is 211 g/mol. The molecule has 0 amide bonds. The van der Waals surface area contributed by atoms with Gasteiger partial charge in [-0.3, -0.25) is 0 Å². The van der Waals surface area contributed by atoms with Crippen LogP contribution in [0.25, 0.3) is 0 Å². The standard InChI is InChI=1S/C13H25NO/c1-3-9-14-12(11-6-4-7-11)13(2)8-5-10-15-13/h11-12,14H,3-10H2,1-2H3. The van der Waals surface area contributed by atoms with Crippen LogP contribution in [0.2, 0.25) is 0 Å². The van der Waals surface area contributed by atoms with E-state index in [0.717, 1.165) is 19.1 Å². The maximum Gasteiger partial charge on any atom is 0.0810 e. The fourth-order valence-electron chi connectivity index (χ4n) is 3.00. The minimum Gasteiger partial charge on any atom is -0.374 e. The Bertz CT molecular complexity index is 195. The molecule has 0 radical (unpaired) electrons. The van der Waals surface area contributed by atoms with Gasteiger partial charge in [0.1, 0.15) is 0 Å². The van der Waals surface area contributed by atoms with Gasteiger partial charge in [0, 0.05) is 12.6 Å². The minimum atomic E-state index is 0.125. The van der Waals surface area contributed by atoms with Crippen LogP contribution in [-0.4, -0.2) is 24.8 Å². The van der Waals surface area contributed by atoms with Crippen molar-refractivity contribution < 1.29 is 4.74 Å². The van der Waals surface area contributed by atoms with E-state index in [9.17, 15) is 0 Å². The van der Waals surface area contributed by atoms with E-state index in [0.29, 0.717) is 6.04 Å². The molecule has 88 valence electrons. The molecule has 15 heavy (non-hydrogen) atoms. The number of ether oxygens (including phenoxy) is 1. The molecule has 2 nitrogen and oxygen atoms in total. The van der Waals surface area contributed by atoms with Crippen LogP contribution in [0, 0.1) is 5.92 Å². The van der Waals surface area contributed by atoms with Gasteiger partial charge in [-0.05, 0) is 51.5 Å². The third-order valence-electron chi connectivity index (χ3n) is 4.14. The van der Waals surface area contributed by atoms with Crippen molar-refractivity contribution in [3.05, 3.63) is 0 Å². The number of rotatable bonds is 5. The second-order valence-electron chi connectivity index (χ2n) is 5.39. The zero-order chi connectivity index (χ0) is 10.7. The Labute approximate surface area is 93.8 Å². The molecule has 2 unspecified atom stereocenters. The predicted octanol–water partition coefficient (Wildman–Crippen LogP) is 2.72. The molecule has 0 aromatic rings. The molecule has 1 N–H and O–H groups in total. The lowest BCUT2D eigenvalue weighted by Gasteiger charge is -2.43. The first-order valence-corrected chi connectivity index (χ1v) is 6.63. The molecule has 1 saturated carbocycles. The fraction of sp³-hybridized carbons (Fsp3) is 1.00. The molecule has 1 saturated heterocycles. The first-order valence-electron chi connectivity index (χ1n) is 6.63. The fourth-order valence-corrected chi connectivity index (χ4v) is 3.00. The van der Waals surface area contributed by atoms with Crippen molar-refractivity contribution in [3.63, 3.8) is 0 Å². The Hall–Kier alpha value is -0.0800. The number of hydrogen-bond donors (Lipinski definition) is 1. The topological polar surface area (TPSA) is 21.3 Å². The highest BCUT2D eigenvalue weighted by Crippen LogP contribution is 2.39. The van der Waals surface area contributed by atoms with Gasteiger partial charge in [-0.15, -0.1) is 0 Å². The summed E-state index contributed by atoms with van der Waals surface area (Å²) in [7, 11) is 0. The minimum absolute atomic E-state index is 0.125. The lowest BCUT2D eigenvalue weighted by Crippen LogP contribution is -2.54. The smallest absolute Gasteiger partial charge is 0.0810 e. The third-order valence-corrected chi connectivity index (χ3v) is 4.14. The second-order valence-corrected chi connectivity index (χ2v) is 5.39. The maximum atomic E-state index is 5.99. The zero-order valence-corrected chi connectivity index (χ0v) is 10.2. The zero-order valence-electron chi connectivity index (χ0n) is 10.2. The maximum absolute atomic E-state index is 5.99. The Morgan fingerprint density at radius 1 is 1.40 bits per heavy atom. The molecule has 1 aliphatic heterocycles.